The smallest absolute Gasteiger partial charge is 0.0950 e. The molecule has 1 aromatic heterocycles. The fourth-order valence-electron chi connectivity index (χ4n) is 2.76. The predicted molar refractivity (Wildman–Crippen MR) is 77.3 cm³/mol. The summed E-state index contributed by atoms with van der Waals surface area (Å²) in [7, 11) is 2.09. The van der Waals surface area contributed by atoms with Crippen molar-refractivity contribution < 1.29 is 5.11 Å². The molecule has 100 valence electrons. The third-order valence-electron chi connectivity index (χ3n) is 3.90. The molecule has 1 heterocycles. The maximum absolute atomic E-state index is 10.4. The highest BCUT2D eigenvalue weighted by atomic mass is 32.1. The number of nitrogens with zero attached hydrogens (tertiary/aromatic N) is 2. The topological polar surface area (TPSA) is 36.4 Å². The Labute approximate surface area is 117 Å². The first-order valence-corrected chi connectivity index (χ1v) is 7.48. The van der Waals surface area contributed by atoms with E-state index in [9.17, 15) is 5.11 Å². The molecule has 4 heteroatoms. The highest BCUT2D eigenvalue weighted by Crippen LogP contribution is 2.33. The summed E-state index contributed by atoms with van der Waals surface area (Å²) in [6, 6.07) is 8.39. The quantitative estimate of drug-likeness (QED) is 0.929. The van der Waals surface area contributed by atoms with E-state index < -0.39 is 0 Å². The third kappa shape index (κ3) is 2.56. The molecule has 1 N–H and O–H groups in total. The molecule has 3 rings (SSSR count). The maximum Gasteiger partial charge on any atom is 0.0950 e. The second-order valence-corrected chi connectivity index (χ2v) is 6.05. The zero-order chi connectivity index (χ0) is 13.2. The molecule has 1 aliphatic carbocycles. The minimum atomic E-state index is -0.363. The van der Waals surface area contributed by atoms with E-state index in [0.717, 1.165) is 30.0 Å². The second-order valence-electron chi connectivity index (χ2n) is 5.07. The highest BCUT2D eigenvalue weighted by Gasteiger charge is 2.33. The van der Waals surface area contributed by atoms with Crippen LogP contribution in [0.2, 0.25) is 0 Å². The molecule has 0 amide bonds. The van der Waals surface area contributed by atoms with Gasteiger partial charge in [0.1, 0.15) is 0 Å². The molecule has 2 aromatic rings. The van der Waals surface area contributed by atoms with Crippen LogP contribution in [-0.4, -0.2) is 34.6 Å². The van der Waals surface area contributed by atoms with E-state index in [0.29, 0.717) is 0 Å². The van der Waals surface area contributed by atoms with Crippen LogP contribution in [0.1, 0.15) is 22.2 Å². The Morgan fingerprint density at radius 2 is 2.26 bits per heavy atom. The second kappa shape index (κ2) is 5.41. The van der Waals surface area contributed by atoms with Crippen molar-refractivity contribution in [3.8, 4) is 0 Å². The molecule has 0 saturated carbocycles. The van der Waals surface area contributed by atoms with Gasteiger partial charge in [-0.05, 0) is 24.6 Å². The Morgan fingerprint density at radius 3 is 3.00 bits per heavy atom. The Morgan fingerprint density at radius 1 is 1.42 bits per heavy atom. The number of thiazole rings is 1. The summed E-state index contributed by atoms with van der Waals surface area (Å²) in [4.78, 5) is 6.56. The van der Waals surface area contributed by atoms with Crippen molar-refractivity contribution >= 4 is 11.3 Å². The van der Waals surface area contributed by atoms with Crippen molar-refractivity contribution in [1.29, 1.82) is 0 Å². The van der Waals surface area contributed by atoms with Crippen molar-refractivity contribution in [1.82, 2.24) is 9.88 Å². The fourth-order valence-corrected chi connectivity index (χ4v) is 3.37. The number of rotatable bonds is 4. The molecule has 0 fully saturated rings. The molecule has 19 heavy (non-hydrogen) atoms. The van der Waals surface area contributed by atoms with Gasteiger partial charge in [0.05, 0.1) is 11.1 Å². The predicted octanol–water partition coefficient (Wildman–Crippen LogP) is 2.28. The average molecular weight is 274 g/mol. The van der Waals surface area contributed by atoms with Gasteiger partial charge in [0, 0.05) is 30.6 Å². The Balaban J connectivity index is 1.64. The van der Waals surface area contributed by atoms with Gasteiger partial charge in [-0.25, -0.2) is 4.98 Å². The molecule has 2 unspecified atom stereocenters. The summed E-state index contributed by atoms with van der Waals surface area (Å²) >= 11 is 1.70. The zero-order valence-electron chi connectivity index (χ0n) is 11.0. The number of hydrogen-bond acceptors (Lipinski definition) is 4. The van der Waals surface area contributed by atoms with Gasteiger partial charge in [0.15, 0.2) is 0 Å². The molecule has 3 nitrogen and oxygen atoms in total. The molecular weight excluding hydrogens is 256 g/mol. The SMILES string of the molecule is CN(CCc1nccs1)C1Cc2ccccc2C1O. The van der Waals surface area contributed by atoms with Crippen LogP contribution in [0.25, 0.3) is 0 Å². The van der Waals surface area contributed by atoms with E-state index in [1.165, 1.54) is 5.56 Å². The lowest BCUT2D eigenvalue weighted by atomic mass is 10.1. The summed E-state index contributed by atoms with van der Waals surface area (Å²) in [5.74, 6) is 0. The molecule has 0 spiro atoms. The molecule has 1 aliphatic rings. The zero-order valence-corrected chi connectivity index (χ0v) is 11.8. The van der Waals surface area contributed by atoms with Crippen molar-refractivity contribution in [2.24, 2.45) is 0 Å². The van der Waals surface area contributed by atoms with Crippen LogP contribution >= 0.6 is 11.3 Å². The van der Waals surface area contributed by atoms with Crippen LogP contribution in [-0.2, 0) is 12.8 Å². The first-order chi connectivity index (χ1) is 9.25. The fraction of sp³-hybridized carbons (Fsp3) is 0.400. The summed E-state index contributed by atoms with van der Waals surface area (Å²) in [6.07, 6.45) is 3.37. The molecule has 0 bridgehead atoms. The van der Waals surface area contributed by atoms with E-state index in [4.69, 9.17) is 0 Å². The Hall–Kier alpha value is -1.23. The molecular formula is C15H18N2OS. The Kier molecular flexibility index (Phi) is 3.64. The third-order valence-corrected chi connectivity index (χ3v) is 4.73. The van der Waals surface area contributed by atoms with E-state index in [1.807, 2.05) is 29.8 Å². The monoisotopic (exact) mass is 274 g/mol. The molecule has 1 aromatic carbocycles. The summed E-state index contributed by atoms with van der Waals surface area (Å²) in [6.45, 7) is 0.934. The standard InChI is InChI=1S/C15H18N2OS/c1-17(8-6-14-16-7-9-19-14)13-10-11-4-2-3-5-12(11)15(13)18/h2-5,7,9,13,15,18H,6,8,10H2,1H3. The number of aliphatic hydroxyl groups excluding tert-OH is 1. The molecule has 0 saturated heterocycles. The summed E-state index contributed by atoms with van der Waals surface area (Å²) in [5.41, 5.74) is 2.37. The lowest BCUT2D eigenvalue weighted by Gasteiger charge is -2.26. The van der Waals surface area contributed by atoms with Gasteiger partial charge < -0.3 is 5.11 Å². The minimum Gasteiger partial charge on any atom is -0.387 e. The van der Waals surface area contributed by atoms with Crippen LogP contribution < -0.4 is 0 Å². The van der Waals surface area contributed by atoms with Crippen LogP contribution in [0.5, 0.6) is 0 Å². The van der Waals surface area contributed by atoms with Crippen LogP contribution in [0, 0.1) is 0 Å². The van der Waals surface area contributed by atoms with Crippen LogP contribution in [0.15, 0.2) is 35.8 Å². The number of fused-ring (bicyclic) bond motifs is 1. The highest BCUT2D eigenvalue weighted by molar-refractivity contribution is 7.09. The summed E-state index contributed by atoms with van der Waals surface area (Å²) < 4.78 is 0. The van der Waals surface area contributed by atoms with Crippen molar-refractivity contribution in [2.75, 3.05) is 13.6 Å². The molecule has 0 aliphatic heterocycles. The first kappa shape index (κ1) is 12.8. The van der Waals surface area contributed by atoms with E-state index in [1.54, 1.807) is 11.3 Å². The number of likely N-dealkylation sites (N-methyl/N-ethyl adjacent to an activating group) is 1. The van der Waals surface area contributed by atoms with Gasteiger partial charge in [0.25, 0.3) is 0 Å². The number of aliphatic hydroxyl groups is 1. The number of aromatic nitrogens is 1. The number of benzene rings is 1. The van der Waals surface area contributed by atoms with E-state index >= 15 is 0 Å². The average Bonchev–Trinajstić information content (AvgIpc) is 3.05. The Bertz CT molecular complexity index is 541. The van der Waals surface area contributed by atoms with Crippen LogP contribution in [0.3, 0.4) is 0 Å². The summed E-state index contributed by atoms with van der Waals surface area (Å²) in [5, 5.41) is 13.6. The minimum absolute atomic E-state index is 0.192. The van der Waals surface area contributed by atoms with Gasteiger partial charge in [0.2, 0.25) is 0 Å². The van der Waals surface area contributed by atoms with Gasteiger partial charge in [-0.3, -0.25) is 4.90 Å². The normalized spacial score (nSPS) is 21.8. The largest absolute Gasteiger partial charge is 0.387 e. The first-order valence-electron chi connectivity index (χ1n) is 6.60. The lowest BCUT2D eigenvalue weighted by Crippen LogP contribution is -2.36. The van der Waals surface area contributed by atoms with Crippen molar-refractivity contribution in [3.05, 3.63) is 52.0 Å². The van der Waals surface area contributed by atoms with E-state index in [2.05, 4.69) is 23.0 Å². The molecule has 0 radical (unpaired) electrons. The van der Waals surface area contributed by atoms with Gasteiger partial charge >= 0.3 is 0 Å². The van der Waals surface area contributed by atoms with Gasteiger partial charge in [-0.2, -0.15) is 0 Å². The van der Waals surface area contributed by atoms with Crippen molar-refractivity contribution in [3.63, 3.8) is 0 Å². The van der Waals surface area contributed by atoms with Crippen molar-refractivity contribution in [2.45, 2.75) is 25.0 Å². The lowest BCUT2D eigenvalue weighted by molar-refractivity contribution is 0.0767. The van der Waals surface area contributed by atoms with Gasteiger partial charge in [-0.15, -0.1) is 11.3 Å². The number of hydrogen-bond donors (Lipinski definition) is 1. The van der Waals surface area contributed by atoms with Gasteiger partial charge in [-0.1, -0.05) is 24.3 Å². The molecule has 2 atom stereocenters. The van der Waals surface area contributed by atoms with E-state index in [-0.39, 0.29) is 12.1 Å². The maximum atomic E-state index is 10.4. The van der Waals surface area contributed by atoms with Crippen LogP contribution in [0.4, 0.5) is 0 Å².